The predicted octanol–water partition coefficient (Wildman–Crippen LogP) is -3.69. The van der Waals surface area contributed by atoms with E-state index in [-0.39, 0.29) is 5.69 Å². The lowest BCUT2D eigenvalue weighted by atomic mass is 10.1. The Labute approximate surface area is 130 Å². The number of aromatic amines is 1. The molecule has 0 radical (unpaired) electrons. The number of H-pyrrole nitrogens is 1. The molecule has 12 heteroatoms. The number of hydrogen-bond donors (Lipinski definition) is 1. The fourth-order valence-corrected chi connectivity index (χ4v) is 1.81. The largest absolute Gasteiger partial charge is 0.384 e. The van der Waals surface area contributed by atoms with Crippen LogP contribution in [-0.4, -0.2) is 19.5 Å². The van der Waals surface area contributed by atoms with Gasteiger partial charge in [0.05, 0.1) is 12.0 Å². The minimum Gasteiger partial charge on any atom is -0.258 e. The van der Waals surface area contributed by atoms with Crippen LogP contribution < -0.4 is 23.2 Å². The van der Waals surface area contributed by atoms with E-state index in [9.17, 15) is 10.1 Å². The van der Waals surface area contributed by atoms with Gasteiger partial charge in [0.25, 0.3) is 5.69 Å². The van der Waals surface area contributed by atoms with E-state index in [1.165, 1.54) is 12.1 Å². The Bertz CT molecular complexity index is 816. The number of nitrogens with one attached hydrogen (secondary N) is 1. The number of nitrogens with zero attached hydrogens (tertiary/aromatic N) is 4. The molecule has 1 N–H and O–H groups in total. The first-order valence-corrected chi connectivity index (χ1v) is 7.17. The summed E-state index contributed by atoms with van der Waals surface area (Å²) in [4.78, 5) is 14.6. The summed E-state index contributed by atoms with van der Waals surface area (Å²) in [7, 11) is -3.06. The van der Waals surface area contributed by atoms with Crippen LogP contribution in [0.4, 0.5) is 5.69 Å². The molecule has 3 rings (SSSR count). The van der Waals surface area contributed by atoms with Crippen LogP contribution in [-0.2, 0) is 7.05 Å². The van der Waals surface area contributed by atoms with Gasteiger partial charge in [-0.15, -0.1) is 19.7 Å². The van der Waals surface area contributed by atoms with E-state index in [0.29, 0.717) is 0 Å². The highest BCUT2D eigenvalue weighted by Crippen LogP contribution is 2.21. The number of nitro groups is 1. The van der Waals surface area contributed by atoms with Gasteiger partial charge >= 0.3 is 5.78 Å². The van der Waals surface area contributed by atoms with E-state index in [2.05, 4.69) is 10.1 Å². The maximum Gasteiger partial charge on any atom is 0.384 e. The number of benzene rings is 1. The molecule has 0 aliphatic rings. The minimum absolute atomic E-state index is 0.0778. The van der Waals surface area contributed by atoms with Crippen LogP contribution >= 0.6 is 0 Å². The van der Waals surface area contributed by atoms with E-state index in [1.54, 1.807) is 23.0 Å². The third-order valence-corrected chi connectivity index (χ3v) is 2.77. The second-order valence-corrected chi connectivity index (χ2v) is 5.10. The second kappa shape index (κ2) is 6.28. The number of rotatable bonds is 2. The Morgan fingerprint density at radius 2 is 1.78 bits per heavy atom. The highest BCUT2D eigenvalue weighted by Gasteiger charge is 2.15. The zero-order valence-corrected chi connectivity index (χ0v) is 12.3. The van der Waals surface area contributed by atoms with Crippen LogP contribution in [0.2, 0.25) is 0 Å². The Morgan fingerprint density at radius 3 is 2.26 bits per heavy atom. The number of halogens is 1. The Balaban J connectivity index is 0.000000338. The standard InChI is InChI=1S/C11H9N5O2.ClHO4/c1-14-7-12-15-6-10(13-11(14)15)8-2-4-9(5-3-8)16(17)18;2-1(3,4)5/h2-7H,1H3;(H,2,3,4,5). The Hall–Kier alpha value is -2.57. The van der Waals surface area contributed by atoms with Gasteiger partial charge in [0, 0.05) is 17.7 Å². The minimum atomic E-state index is -4.94. The van der Waals surface area contributed by atoms with Gasteiger partial charge in [-0.05, 0) is 12.1 Å². The lowest BCUT2D eigenvalue weighted by Crippen LogP contribution is -2.68. The molecule has 0 aliphatic carbocycles. The van der Waals surface area contributed by atoms with E-state index >= 15 is 0 Å². The lowest BCUT2D eigenvalue weighted by molar-refractivity contribution is -2.00. The van der Waals surface area contributed by atoms with Gasteiger partial charge < -0.3 is 0 Å². The van der Waals surface area contributed by atoms with Crippen molar-refractivity contribution >= 4 is 11.5 Å². The van der Waals surface area contributed by atoms with Crippen LogP contribution in [0.25, 0.3) is 17.0 Å². The van der Waals surface area contributed by atoms with Gasteiger partial charge in [-0.25, -0.2) is 23.2 Å². The molecule has 2 heterocycles. The molecule has 0 saturated carbocycles. The molecule has 0 amide bonds. The van der Waals surface area contributed by atoms with Crippen LogP contribution in [0.3, 0.4) is 0 Å². The highest BCUT2D eigenvalue weighted by atomic mass is 35.7. The summed E-state index contributed by atoms with van der Waals surface area (Å²) < 4.78 is 37.6. The fraction of sp³-hybridized carbons (Fsp3) is 0.0909. The first kappa shape index (κ1) is 16.8. The number of fused-ring (bicyclic) bond motifs is 1. The molecule has 0 fully saturated rings. The zero-order chi connectivity index (χ0) is 17.2. The monoisotopic (exact) mass is 343 g/mol. The van der Waals surface area contributed by atoms with Crippen molar-refractivity contribution in [3.8, 4) is 11.3 Å². The molecule has 0 bridgehead atoms. The molecule has 0 saturated heterocycles. The zero-order valence-electron chi connectivity index (χ0n) is 11.6. The predicted molar refractivity (Wildman–Crippen MR) is 62.8 cm³/mol. The number of aryl methyl sites for hydroxylation is 1. The average molecular weight is 344 g/mol. The van der Waals surface area contributed by atoms with E-state index < -0.39 is 15.2 Å². The van der Waals surface area contributed by atoms with Crippen molar-refractivity contribution in [2.24, 2.45) is 7.05 Å². The molecular formula is C11H10ClN5O6. The van der Waals surface area contributed by atoms with Crippen LogP contribution in [0.5, 0.6) is 0 Å². The molecule has 3 aromatic rings. The number of imidazole rings is 1. The molecular weight excluding hydrogens is 334 g/mol. The topological polar surface area (TPSA) is 172 Å². The molecule has 23 heavy (non-hydrogen) atoms. The first-order valence-electron chi connectivity index (χ1n) is 5.94. The number of non-ortho nitro benzene ring substituents is 1. The quantitative estimate of drug-likeness (QED) is 0.283. The van der Waals surface area contributed by atoms with Crippen molar-refractivity contribution in [1.29, 1.82) is 0 Å². The van der Waals surface area contributed by atoms with Gasteiger partial charge in [-0.2, -0.15) is 5.10 Å². The number of hydrogen-bond acceptors (Lipinski definition) is 7. The smallest absolute Gasteiger partial charge is 0.258 e. The average Bonchev–Trinajstić information content (AvgIpc) is 3.00. The maximum atomic E-state index is 10.6. The van der Waals surface area contributed by atoms with Crippen molar-refractivity contribution in [2.75, 3.05) is 0 Å². The summed E-state index contributed by atoms with van der Waals surface area (Å²) in [6, 6.07) is 6.34. The third kappa shape index (κ3) is 4.45. The summed E-state index contributed by atoms with van der Waals surface area (Å²) >= 11 is 0. The van der Waals surface area contributed by atoms with Gasteiger partial charge in [0.15, 0.2) is 12.0 Å². The van der Waals surface area contributed by atoms with Crippen molar-refractivity contribution < 1.29 is 38.4 Å². The van der Waals surface area contributed by atoms with Crippen molar-refractivity contribution in [3.05, 3.63) is 46.9 Å². The summed E-state index contributed by atoms with van der Waals surface area (Å²) in [6.45, 7) is 0. The SMILES string of the molecule is C[n+]1c[nH]n2cc(-c3ccc([N+](=O)[O-])cc3)nc21.[O-][Cl+3]([O-])([O-])[O-]. The van der Waals surface area contributed by atoms with Gasteiger partial charge in [0.1, 0.15) is 6.20 Å². The highest BCUT2D eigenvalue weighted by molar-refractivity contribution is 5.62. The molecule has 0 unspecified atom stereocenters. The van der Waals surface area contributed by atoms with E-state index in [1.807, 2.05) is 17.8 Å². The summed E-state index contributed by atoms with van der Waals surface area (Å²) in [5.74, 6) is 0.781. The number of nitro benzene ring substituents is 1. The van der Waals surface area contributed by atoms with Crippen LogP contribution in [0.15, 0.2) is 36.8 Å². The molecule has 0 aliphatic heterocycles. The van der Waals surface area contributed by atoms with Crippen LogP contribution in [0.1, 0.15) is 0 Å². The lowest BCUT2D eigenvalue weighted by Gasteiger charge is -2.17. The molecule has 0 atom stereocenters. The third-order valence-electron chi connectivity index (χ3n) is 2.77. The van der Waals surface area contributed by atoms with E-state index in [4.69, 9.17) is 18.6 Å². The Morgan fingerprint density at radius 1 is 1.22 bits per heavy atom. The van der Waals surface area contributed by atoms with Gasteiger partial charge in [-0.1, -0.05) is 0 Å². The summed E-state index contributed by atoms with van der Waals surface area (Å²) in [6.07, 6.45) is 3.64. The molecule has 0 spiro atoms. The fourth-order valence-electron chi connectivity index (χ4n) is 1.81. The maximum absolute atomic E-state index is 10.6. The van der Waals surface area contributed by atoms with E-state index in [0.717, 1.165) is 17.0 Å². The molecule has 2 aromatic heterocycles. The second-order valence-electron chi connectivity index (χ2n) is 4.35. The molecule has 122 valence electrons. The number of aromatic nitrogens is 4. The molecule has 1 aromatic carbocycles. The van der Waals surface area contributed by atoms with Gasteiger partial charge in [0.2, 0.25) is 0 Å². The van der Waals surface area contributed by atoms with Crippen molar-refractivity contribution in [3.63, 3.8) is 0 Å². The Kier molecular flexibility index (Phi) is 4.58. The van der Waals surface area contributed by atoms with Crippen LogP contribution in [0, 0.1) is 20.4 Å². The van der Waals surface area contributed by atoms with Gasteiger partial charge in [-0.3, -0.25) is 10.1 Å². The summed E-state index contributed by atoms with van der Waals surface area (Å²) in [5, 5.41) is 13.6. The van der Waals surface area contributed by atoms with Crippen molar-refractivity contribution in [2.45, 2.75) is 0 Å². The molecule has 11 nitrogen and oxygen atoms in total. The van der Waals surface area contributed by atoms with Crippen molar-refractivity contribution in [1.82, 2.24) is 14.6 Å². The normalized spacial score (nSPS) is 11.2. The first-order chi connectivity index (χ1) is 10.6. The summed E-state index contributed by atoms with van der Waals surface area (Å²) in [5.41, 5.74) is 1.69.